The second-order valence-corrected chi connectivity index (χ2v) is 7.09. The summed E-state index contributed by atoms with van der Waals surface area (Å²) in [6.45, 7) is 7.18. The Morgan fingerprint density at radius 1 is 1.14 bits per heavy atom. The van der Waals surface area contributed by atoms with Crippen molar-refractivity contribution in [3.8, 4) is 11.3 Å². The lowest BCUT2D eigenvalue weighted by molar-refractivity contribution is 0.0952. The van der Waals surface area contributed by atoms with Crippen LogP contribution in [-0.2, 0) is 20.1 Å². The van der Waals surface area contributed by atoms with Crippen LogP contribution in [0, 0.1) is 13.8 Å². The van der Waals surface area contributed by atoms with E-state index in [0.29, 0.717) is 12.1 Å². The van der Waals surface area contributed by atoms with Gasteiger partial charge in [-0.05, 0) is 39.0 Å². The lowest BCUT2D eigenvalue weighted by Crippen LogP contribution is -2.23. The molecule has 3 aromatic heterocycles. The normalized spacial score (nSPS) is 11.2. The van der Waals surface area contributed by atoms with Crippen molar-refractivity contribution in [3.05, 3.63) is 65.2 Å². The number of carbonyl (C=O) groups excluding carboxylic acids is 1. The molecule has 1 N–H and O–H groups in total. The van der Waals surface area contributed by atoms with Crippen molar-refractivity contribution >= 4 is 16.8 Å². The minimum atomic E-state index is -0.143. The molecule has 0 atom stereocenters. The number of benzene rings is 1. The molecule has 1 aromatic carbocycles. The van der Waals surface area contributed by atoms with Gasteiger partial charge in [0.25, 0.3) is 5.91 Å². The van der Waals surface area contributed by atoms with Crippen LogP contribution in [0.15, 0.2) is 42.6 Å². The minimum Gasteiger partial charge on any atom is -0.346 e. The first-order valence-electron chi connectivity index (χ1n) is 9.68. The number of hydrogen-bond donors (Lipinski definition) is 1. The smallest absolute Gasteiger partial charge is 0.252 e. The van der Waals surface area contributed by atoms with Crippen molar-refractivity contribution in [1.29, 1.82) is 0 Å². The van der Waals surface area contributed by atoms with Gasteiger partial charge in [-0.3, -0.25) is 14.2 Å². The zero-order chi connectivity index (χ0) is 20.5. The molecule has 29 heavy (non-hydrogen) atoms. The second-order valence-electron chi connectivity index (χ2n) is 7.09. The summed E-state index contributed by atoms with van der Waals surface area (Å²) >= 11 is 0. The minimum absolute atomic E-state index is 0.143. The molecule has 0 aliphatic heterocycles. The molecular weight excluding hydrogens is 364 g/mol. The molecule has 0 saturated carbocycles. The van der Waals surface area contributed by atoms with Gasteiger partial charge >= 0.3 is 0 Å². The number of rotatable bonds is 5. The highest BCUT2D eigenvalue weighted by Gasteiger charge is 2.18. The zero-order valence-corrected chi connectivity index (χ0v) is 17.1. The van der Waals surface area contributed by atoms with Crippen LogP contribution in [0.5, 0.6) is 0 Å². The summed E-state index contributed by atoms with van der Waals surface area (Å²) < 4.78 is 3.68. The molecule has 7 nitrogen and oxygen atoms in total. The monoisotopic (exact) mass is 388 g/mol. The molecule has 4 rings (SSSR count). The van der Waals surface area contributed by atoms with Crippen LogP contribution in [-0.4, -0.2) is 30.5 Å². The lowest BCUT2D eigenvalue weighted by atomic mass is 10.0. The Morgan fingerprint density at radius 3 is 2.62 bits per heavy atom. The molecule has 1 amide bonds. The number of nitrogens with zero attached hydrogens (tertiary/aromatic N) is 5. The Kier molecular flexibility index (Phi) is 4.88. The van der Waals surface area contributed by atoms with E-state index in [-0.39, 0.29) is 5.91 Å². The van der Waals surface area contributed by atoms with Gasteiger partial charge in [0.15, 0.2) is 0 Å². The summed E-state index contributed by atoms with van der Waals surface area (Å²) in [5, 5.41) is 12.7. The molecule has 0 aliphatic carbocycles. The summed E-state index contributed by atoms with van der Waals surface area (Å²) in [6.07, 6.45) is 1.91. The SMILES string of the molecule is CCn1ccc(CNC(=O)c2cc(-c3c(C)nn(C)c3C)nc3ccccc23)n1. The number of hydrogen-bond acceptors (Lipinski definition) is 4. The molecule has 0 aliphatic rings. The van der Waals surface area contributed by atoms with E-state index in [9.17, 15) is 4.79 Å². The topological polar surface area (TPSA) is 77.6 Å². The first-order chi connectivity index (χ1) is 14.0. The average Bonchev–Trinajstić information content (AvgIpc) is 3.29. The number of aromatic nitrogens is 5. The fourth-order valence-corrected chi connectivity index (χ4v) is 3.58. The van der Waals surface area contributed by atoms with E-state index in [1.54, 1.807) is 0 Å². The molecule has 0 bridgehead atoms. The first kappa shape index (κ1) is 18.9. The third-order valence-electron chi connectivity index (χ3n) is 5.18. The van der Waals surface area contributed by atoms with Gasteiger partial charge in [-0.15, -0.1) is 0 Å². The van der Waals surface area contributed by atoms with Gasteiger partial charge in [0.2, 0.25) is 0 Å². The third kappa shape index (κ3) is 3.51. The Morgan fingerprint density at radius 2 is 1.93 bits per heavy atom. The second kappa shape index (κ2) is 7.50. The van der Waals surface area contributed by atoms with Gasteiger partial charge in [-0.2, -0.15) is 10.2 Å². The molecule has 3 heterocycles. The van der Waals surface area contributed by atoms with Crippen LogP contribution in [0.1, 0.15) is 34.4 Å². The van der Waals surface area contributed by atoms with Gasteiger partial charge in [0.1, 0.15) is 0 Å². The summed E-state index contributed by atoms with van der Waals surface area (Å²) in [4.78, 5) is 17.9. The summed E-state index contributed by atoms with van der Waals surface area (Å²) in [5.74, 6) is -0.143. The molecule has 0 saturated heterocycles. The summed E-state index contributed by atoms with van der Waals surface area (Å²) in [7, 11) is 1.91. The van der Waals surface area contributed by atoms with Crippen LogP contribution in [0.2, 0.25) is 0 Å². The van der Waals surface area contributed by atoms with Crippen molar-refractivity contribution < 1.29 is 4.79 Å². The molecule has 0 unspecified atom stereocenters. The highest BCUT2D eigenvalue weighted by Crippen LogP contribution is 2.29. The fraction of sp³-hybridized carbons (Fsp3) is 0.273. The van der Waals surface area contributed by atoms with E-state index < -0.39 is 0 Å². The molecule has 0 spiro atoms. The van der Waals surface area contributed by atoms with Gasteiger partial charge in [0.05, 0.1) is 34.7 Å². The number of aryl methyl sites for hydroxylation is 3. The van der Waals surface area contributed by atoms with E-state index in [1.807, 2.05) is 79.8 Å². The molecule has 7 heteroatoms. The van der Waals surface area contributed by atoms with E-state index in [2.05, 4.69) is 15.5 Å². The van der Waals surface area contributed by atoms with Crippen molar-refractivity contribution in [2.75, 3.05) is 0 Å². The number of nitrogens with one attached hydrogen (secondary N) is 1. The Hall–Kier alpha value is -3.48. The van der Waals surface area contributed by atoms with Crippen molar-refractivity contribution in [2.45, 2.75) is 33.9 Å². The van der Waals surface area contributed by atoms with E-state index in [4.69, 9.17) is 4.98 Å². The highest BCUT2D eigenvalue weighted by molar-refractivity contribution is 6.07. The van der Waals surface area contributed by atoms with Gasteiger partial charge in [0, 0.05) is 36.4 Å². The molecule has 0 fully saturated rings. The van der Waals surface area contributed by atoms with Crippen LogP contribution < -0.4 is 5.32 Å². The maximum Gasteiger partial charge on any atom is 0.252 e. The molecule has 148 valence electrons. The van der Waals surface area contributed by atoms with Crippen molar-refractivity contribution in [3.63, 3.8) is 0 Å². The number of fused-ring (bicyclic) bond motifs is 1. The van der Waals surface area contributed by atoms with Crippen molar-refractivity contribution in [1.82, 2.24) is 29.9 Å². The number of amides is 1. The van der Waals surface area contributed by atoms with E-state index in [1.165, 1.54) is 0 Å². The Labute approximate surface area is 169 Å². The standard InChI is InChI=1S/C22H24N6O/c1-5-28-11-10-16(26-28)13-23-22(29)18-12-20(21-14(2)25-27(4)15(21)3)24-19-9-7-6-8-17(18)19/h6-12H,5,13H2,1-4H3,(H,23,29). The summed E-state index contributed by atoms with van der Waals surface area (Å²) in [5.41, 5.74) is 5.85. The number of carbonyl (C=O) groups is 1. The van der Waals surface area contributed by atoms with Crippen LogP contribution >= 0.6 is 0 Å². The maximum absolute atomic E-state index is 13.1. The van der Waals surface area contributed by atoms with Crippen LogP contribution in [0.25, 0.3) is 22.2 Å². The largest absolute Gasteiger partial charge is 0.346 e. The maximum atomic E-state index is 13.1. The quantitative estimate of drug-likeness (QED) is 0.568. The zero-order valence-electron chi connectivity index (χ0n) is 17.1. The average molecular weight is 388 g/mol. The van der Waals surface area contributed by atoms with Crippen LogP contribution in [0.3, 0.4) is 0 Å². The van der Waals surface area contributed by atoms with E-state index >= 15 is 0 Å². The highest BCUT2D eigenvalue weighted by atomic mass is 16.1. The fourth-order valence-electron chi connectivity index (χ4n) is 3.58. The third-order valence-corrected chi connectivity index (χ3v) is 5.18. The number of pyridine rings is 1. The Bertz CT molecular complexity index is 1200. The Balaban J connectivity index is 1.73. The molecule has 0 radical (unpaired) electrons. The number of para-hydroxylation sites is 1. The van der Waals surface area contributed by atoms with Gasteiger partial charge in [-0.25, -0.2) is 4.98 Å². The van der Waals surface area contributed by atoms with Crippen LogP contribution in [0.4, 0.5) is 0 Å². The predicted molar refractivity (Wildman–Crippen MR) is 112 cm³/mol. The first-order valence-corrected chi connectivity index (χ1v) is 9.68. The molecular formula is C22H24N6O. The molecule has 4 aromatic rings. The van der Waals surface area contributed by atoms with E-state index in [0.717, 1.165) is 45.8 Å². The van der Waals surface area contributed by atoms with Gasteiger partial charge in [-0.1, -0.05) is 18.2 Å². The van der Waals surface area contributed by atoms with Gasteiger partial charge < -0.3 is 5.32 Å². The summed E-state index contributed by atoms with van der Waals surface area (Å²) in [6, 6.07) is 11.5. The predicted octanol–water partition coefficient (Wildman–Crippen LogP) is 3.40. The lowest BCUT2D eigenvalue weighted by Gasteiger charge is -2.10. The van der Waals surface area contributed by atoms with Crippen molar-refractivity contribution in [2.24, 2.45) is 7.05 Å².